The summed E-state index contributed by atoms with van der Waals surface area (Å²) in [6, 6.07) is 5.94. The summed E-state index contributed by atoms with van der Waals surface area (Å²) in [5.74, 6) is 0.767. The molecular formula is C15H21NO2. The Morgan fingerprint density at radius 2 is 1.83 bits per heavy atom. The second-order valence-corrected chi connectivity index (χ2v) is 4.66. The van der Waals surface area contributed by atoms with E-state index in [-0.39, 0.29) is 5.78 Å². The van der Waals surface area contributed by atoms with E-state index in [1.807, 2.05) is 51.0 Å². The Hall–Kier alpha value is -1.77. The molecule has 1 atom stereocenters. The van der Waals surface area contributed by atoms with Gasteiger partial charge in [-0.25, -0.2) is 0 Å². The van der Waals surface area contributed by atoms with Gasteiger partial charge in [0.05, 0.1) is 0 Å². The van der Waals surface area contributed by atoms with E-state index < -0.39 is 6.10 Å². The molecule has 0 saturated carbocycles. The highest BCUT2D eigenvalue weighted by molar-refractivity contribution is 5.93. The first-order chi connectivity index (χ1) is 8.41. The maximum Gasteiger partial charge on any atom is 0.197 e. The summed E-state index contributed by atoms with van der Waals surface area (Å²) in [5.41, 5.74) is 2.09. The van der Waals surface area contributed by atoms with Crippen LogP contribution in [-0.4, -0.2) is 30.9 Å². The lowest BCUT2D eigenvalue weighted by Crippen LogP contribution is -2.23. The zero-order valence-electron chi connectivity index (χ0n) is 11.7. The van der Waals surface area contributed by atoms with Crippen LogP contribution in [0.1, 0.15) is 18.1 Å². The number of nitrogens with zero attached hydrogens (tertiary/aromatic N) is 1. The summed E-state index contributed by atoms with van der Waals surface area (Å²) in [6.07, 6.45) is 2.80. The molecule has 18 heavy (non-hydrogen) atoms. The van der Waals surface area contributed by atoms with Crippen LogP contribution in [0.3, 0.4) is 0 Å². The Morgan fingerprint density at radius 1 is 1.28 bits per heavy atom. The third-order valence-corrected chi connectivity index (χ3v) is 2.64. The highest BCUT2D eigenvalue weighted by Crippen LogP contribution is 2.23. The van der Waals surface area contributed by atoms with Crippen molar-refractivity contribution < 1.29 is 9.53 Å². The molecule has 0 N–H and O–H groups in total. The molecule has 0 aliphatic heterocycles. The van der Waals surface area contributed by atoms with Crippen LogP contribution >= 0.6 is 0 Å². The first-order valence-corrected chi connectivity index (χ1v) is 6.03. The highest BCUT2D eigenvalue weighted by Gasteiger charge is 2.14. The Morgan fingerprint density at radius 3 is 2.33 bits per heavy atom. The number of hydrogen-bond donors (Lipinski definition) is 0. The van der Waals surface area contributed by atoms with E-state index in [0.717, 1.165) is 16.9 Å². The molecule has 1 rings (SSSR count). The number of carbonyl (C=O) groups excluding carboxylic acids is 1. The van der Waals surface area contributed by atoms with Gasteiger partial charge >= 0.3 is 0 Å². The van der Waals surface area contributed by atoms with Crippen molar-refractivity contribution in [3.05, 3.63) is 41.6 Å². The predicted molar refractivity (Wildman–Crippen MR) is 73.8 cm³/mol. The van der Waals surface area contributed by atoms with E-state index in [2.05, 4.69) is 0 Å². The minimum absolute atomic E-state index is 0.0358. The first kappa shape index (κ1) is 14.3. The standard InChI is InChI=1S/C15H21NO2/c1-11-7-6-8-12(2)15(11)18-13(3)14(17)9-10-16(4)5/h6-10,13H,1-5H3/b10-9+/t13-/m1/s1. The lowest BCUT2D eigenvalue weighted by molar-refractivity contribution is -0.120. The molecule has 0 unspecified atom stereocenters. The van der Waals surface area contributed by atoms with Crippen LogP contribution in [0.25, 0.3) is 0 Å². The van der Waals surface area contributed by atoms with Gasteiger partial charge < -0.3 is 9.64 Å². The van der Waals surface area contributed by atoms with Crippen LogP contribution in [0, 0.1) is 13.8 Å². The Balaban J connectivity index is 2.76. The molecule has 1 aromatic rings. The smallest absolute Gasteiger partial charge is 0.197 e. The quantitative estimate of drug-likeness (QED) is 0.749. The summed E-state index contributed by atoms with van der Waals surface area (Å²) in [5, 5.41) is 0. The maximum absolute atomic E-state index is 11.8. The van der Waals surface area contributed by atoms with Gasteiger partial charge in [0, 0.05) is 26.4 Å². The zero-order chi connectivity index (χ0) is 13.7. The lowest BCUT2D eigenvalue weighted by Gasteiger charge is -2.16. The van der Waals surface area contributed by atoms with Crippen molar-refractivity contribution in [3.63, 3.8) is 0 Å². The number of rotatable bonds is 5. The number of carbonyl (C=O) groups is 1. The fraction of sp³-hybridized carbons (Fsp3) is 0.400. The van der Waals surface area contributed by atoms with Gasteiger partial charge in [-0.15, -0.1) is 0 Å². The maximum atomic E-state index is 11.8. The number of aryl methyl sites for hydroxylation is 2. The minimum atomic E-state index is -0.471. The Labute approximate surface area is 109 Å². The molecule has 0 radical (unpaired) electrons. The number of ketones is 1. The van der Waals surface area contributed by atoms with Gasteiger partial charge in [-0.1, -0.05) is 18.2 Å². The van der Waals surface area contributed by atoms with Crippen molar-refractivity contribution in [2.45, 2.75) is 26.9 Å². The molecule has 0 heterocycles. The van der Waals surface area contributed by atoms with Gasteiger partial charge in [0.1, 0.15) is 5.75 Å². The van der Waals surface area contributed by atoms with E-state index in [1.54, 1.807) is 13.1 Å². The van der Waals surface area contributed by atoms with Gasteiger partial charge in [0.2, 0.25) is 0 Å². The number of hydrogen-bond acceptors (Lipinski definition) is 3. The van der Waals surface area contributed by atoms with Gasteiger partial charge in [-0.05, 0) is 31.9 Å². The average molecular weight is 247 g/mol. The number of para-hydroxylation sites is 1. The van der Waals surface area contributed by atoms with Crippen molar-refractivity contribution in [2.24, 2.45) is 0 Å². The third-order valence-electron chi connectivity index (χ3n) is 2.64. The second kappa shape index (κ2) is 6.24. The topological polar surface area (TPSA) is 29.5 Å². The lowest BCUT2D eigenvalue weighted by atomic mass is 10.1. The number of ether oxygens (including phenoxy) is 1. The molecule has 0 amide bonds. The largest absolute Gasteiger partial charge is 0.482 e. The highest BCUT2D eigenvalue weighted by atomic mass is 16.5. The van der Waals surface area contributed by atoms with Crippen LogP contribution in [0.2, 0.25) is 0 Å². The van der Waals surface area contributed by atoms with Crippen molar-refractivity contribution in [1.82, 2.24) is 4.90 Å². The van der Waals surface area contributed by atoms with Gasteiger partial charge in [0.15, 0.2) is 11.9 Å². The minimum Gasteiger partial charge on any atom is -0.482 e. The predicted octanol–water partition coefficient (Wildman–Crippen LogP) is 2.72. The van der Waals surface area contributed by atoms with Crippen molar-refractivity contribution in [3.8, 4) is 5.75 Å². The van der Waals surface area contributed by atoms with E-state index in [9.17, 15) is 4.79 Å². The SMILES string of the molecule is Cc1cccc(C)c1O[C@H](C)C(=O)/C=C/N(C)C. The molecule has 0 aliphatic rings. The fourth-order valence-electron chi connectivity index (χ4n) is 1.58. The molecule has 98 valence electrons. The van der Waals surface area contributed by atoms with Crippen LogP contribution in [0.15, 0.2) is 30.5 Å². The average Bonchev–Trinajstić information content (AvgIpc) is 2.30. The summed E-state index contributed by atoms with van der Waals surface area (Å²) in [7, 11) is 3.75. The van der Waals surface area contributed by atoms with E-state index in [4.69, 9.17) is 4.74 Å². The van der Waals surface area contributed by atoms with Crippen molar-refractivity contribution in [2.75, 3.05) is 14.1 Å². The molecule has 0 bridgehead atoms. The molecule has 1 aromatic carbocycles. The second-order valence-electron chi connectivity index (χ2n) is 4.66. The van der Waals surface area contributed by atoms with Gasteiger partial charge in [-0.2, -0.15) is 0 Å². The molecule has 3 heteroatoms. The normalized spacial score (nSPS) is 12.5. The van der Waals surface area contributed by atoms with Crippen molar-refractivity contribution in [1.29, 1.82) is 0 Å². The van der Waals surface area contributed by atoms with Crippen molar-refractivity contribution >= 4 is 5.78 Å². The van der Waals surface area contributed by atoms with E-state index in [1.165, 1.54) is 6.08 Å². The summed E-state index contributed by atoms with van der Waals surface area (Å²) < 4.78 is 5.75. The van der Waals surface area contributed by atoms with Crippen LogP contribution in [0.5, 0.6) is 5.75 Å². The van der Waals surface area contributed by atoms with Crippen LogP contribution in [-0.2, 0) is 4.79 Å². The van der Waals surface area contributed by atoms with Gasteiger partial charge in [0.25, 0.3) is 0 Å². The van der Waals surface area contributed by atoms with Crippen LogP contribution < -0.4 is 4.74 Å². The van der Waals surface area contributed by atoms with E-state index in [0.29, 0.717) is 0 Å². The van der Waals surface area contributed by atoms with Crippen LogP contribution in [0.4, 0.5) is 0 Å². The zero-order valence-corrected chi connectivity index (χ0v) is 11.7. The summed E-state index contributed by atoms with van der Waals surface area (Å²) >= 11 is 0. The monoisotopic (exact) mass is 247 g/mol. The molecule has 0 spiro atoms. The Kier molecular flexibility index (Phi) is 4.95. The molecule has 0 aromatic heterocycles. The molecule has 0 saturated heterocycles. The first-order valence-electron chi connectivity index (χ1n) is 6.03. The van der Waals surface area contributed by atoms with E-state index >= 15 is 0 Å². The molecular weight excluding hydrogens is 226 g/mol. The summed E-state index contributed by atoms with van der Waals surface area (Å²) in [4.78, 5) is 13.7. The third kappa shape index (κ3) is 3.91. The Bertz CT molecular complexity index is 430. The molecule has 3 nitrogen and oxygen atoms in total. The number of benzene rings is 1. The van der Waals surface area contributed by atoms with Gasteiger partial charge in [-0.3, -0.25) is 4.79 Å². The summed E-state index contributed by atoms with van der Waals surface area (Å²) in [6.45, 7) is 5.73. The fourth-order valence-corrected chi connectivity index (χ4v) is 1.58. The molecule has 0 fully saturated rings. The molecule has 0 aliphatic carbocycles.